The Morgan fingerprint density at radius 1 is 1.37 bits per heavy atom. The Morgan fingerprint density at radius 3 is 2.70 bits per heavy atom. The van der Waals surface area contributed by atoms with Crippen molar-refractivity contribution in [3.63, 3.8) is 0 Å². The fraction of sp³-hybridized carbons (Fsp3) is 0.421. The molecule has 0 spiro atoms. The molecule has 0 aliphatic carbocycles. The second kappa shape index (κ2) is 9.18. The van der Waals surface area contributed by atoms with Crippen molar-refractivity contribution >= 4 is 24.0 Å². The average Bonchev–Trinajstić information content (AvgIpc) is 3.33. The normalized spacial score (nSPS) is 17.6. The van der Waals surface area contributed by atoms with Gasteiger partial charge in [0.1, 0.15) is 6.04 Å². The summed E-state index contributed by atoms with van der Waals surface area (Å²) in [5.41, 5.74) is 8.42. The molecule has 1 saturated heterocycles. The second-order valence-electron chi connectivity index (χ2n) is 6.30. The van der Waals surface area contributed by atoms with Gasteiger partial charge in [-0.05, 0) is 29.5 Å². The number of fused-ring (bicyclic) bond motifs is 1. The van der Waals surface area contributed by atoms with Gasteiger partial charge in [0.2, 0.25) is 5.91 Å². The lowest BCUT2D eigenvalue weighted by Crippen LogP contribution is -2.43. The molecule has 0 saturated carbocycles. The van der Waals surface area contributed by atoms with Crippen molar-refractivity contribution in [3.8, 4) is 0 Å². The van der Waals surface area contributed by atoms with Crippen molar-refractivity contribution in [2.24, 2.45) is 5.73 Å². The van der Waals surface area contributed by atoms with Crippen LogP contribution in [-0.4, -0.2) is 59.1 Å². The van der Waals surface area contributed by atoms with Crippen LogP contribution < -0.4 is 5.73 Å². The van der Waals surface area contributed by atoms with Crippen molar-refractivity contribution in [3.05, 3.63) is 41.5 Å². The number of carbonyl (C=O) groups is 3. The molecule has 2 aliphatic heterocycles. The van der Waals surface area contributed by atoms with Crippen molar-refractivity contribution < 1.29 is 24.2 Å². The molecule has 3 rings (SSSR count). The topological polar surface area (TPSA) is 113 Å². The molecule has 1 atom stereocenters. The molecule has 27 heavy (non-hydrogen) atoms. The highest BCUT2D eigenvalue weighted by molar-refractivity contribution is 5.86. The van der Waals surface area contributed by atoms with Gasteiger partial charge in [-0.1, -0.05) is 30.9 Å². The van der Waals surface area contributed by atoms with Gasteiger partial charge < -0.3 is 20.5 Å². The minimum Gasteiger partial charge on any atom is -0.467 e. The van der Waals surface area contributed by atoms with Gasteiger partial charge in [0.25, 0.3) is 0 Å². The molecule has 1 aromatic carbocycles. The van der Waals surface area contributed by atoms with E-state index in [9.17, 15) is 14.4 Å². The number of nitrogens with two attached hydrogens (primary N) is 1. The second-order valence-corrected chi connectivity index (χ2v) is 6.30. The molecular weight excluding hydrogens is 350 g/mol. The Kier molecular flexibility index (Phi) is 6.95. The molecular formula is C19H25N3O5. The predicted molar refractivity (Wildman–Crippen MR) is 99.6 cm³/mol. The summed E-state index contributed by atoms with van der Waals surface area (Å²) < 4.78 is 4.59. The maximum absolute atomic E-state index is 11.2. The van der Waals surface area contributed by atoms with Crippen LogP contribution in [-0.2, 0) is 27.4 Å². The van der Waals surface area contributed by atoms with Gasteiger partial charge in [-0.25, -0.2) is 9.59 Å². The lowest BCUT2D eigenvalue weighted by Gasteiger charge is -2.21. The van der Waals surface area contributed by atoms with Gasteiger partial charge in [0.05, 0.1) is 20.2 Å². The van der Waals surface area contributed by atoms with Gasteiger partial charge in [-0.2, -0.15) is 0 Å². The first kappa shape index (κ1) is 20.4. The third-order valence-corrected chi connectivity index (χ3v) is 4.73. The van der Waals surface area contributed by atoms with E-state index in [0.717, 1.165) is 23.1 Å². The highest BCUT2D eigenvalue weighted by atomic mass is 16.5. The molecule has 8 nitrogen and oxygen atoms in total. The first-order valence-electron chi connectivity index (χ1n) is 8.71. The maximum atomic E-state index is 11.2. The van der Waals surface area contributed by atoms with Gasteiger partial charge in [0.15, 0.2) is 0 Å². The van der Waals surface area contributed by atoms with Crippen LogP contribution in [0.1, 0.15) is 29.5 Å². The van der Waals surface area contributed by atoms with E-state index in [2.05, 4.69) is 11.3 Å². The van der Waals surface area contributed by atoms with Crippen molar-refractivity contribution in [2.75, 3.05) is 20.2 Å². The monoisotopic (exact) mass is 375 g/mol. The summed E-state index contributed by atoms with van der Waals surface area (Å²) in [5, 5.41) is 8.85. The van der Waals surface area contributed by atoms with E-state index in [4.69, 9.17) is 10.8 Å². The summed E-state index contributed by atoms with van der Waals surface area (Å²) in [6, 6.07) is 5.44. The molecule has 1 aromatic rings. The molecule has 0 unspecified atom stereocenters. The number of ether oxygens (including phenoxy) is 1. The van der Waals surface area contributed by atoms with Gasteiger partial charge >= 0.3 is 12.1 Å². The zero-order valence-electron chi connectivity index (χ0n) is 15.4. The van der Waals surface area contributed by atoms with E-state index < -0.39 is 12.1 Å². The number of benzene rings is 1. The molecule has 1 fully saturated rings. The summed E-state index contributed by atoms with van der Waals surface area (Å²) in [4.78, 5) is 36.1. The molecule has 0 aromatic heterocycles. The van der Waals surface area contributed by atoms with Crippen LogP contribution in [0.15, 0.2) is 24.8 Å². The Labute approximate surface area is 158 Å². The molecule has 2 aliphatic rings. The summed E-state index contributed by atoms with van der Waals surface area (Å²) in [5.74, 6) is -0.535. The molecule has 0 radical (unpaired) electrons. The number of likely N-dealkylation sites (tertiary alicyclic amines) is 1. The van der Waals surface area contributed by atoms with Crippen LogP contribution in [0.4, 0.5) is 4.79 Å². The number of esters is 1. The van der Waals surface area contributed by atoms with Crippen LogP contribution in [0.2, 0.25) is 0 Å². The highest BCUT2D eigenvalue weighted by Gasteiger charge is 2.33. The van der Waals surface area contributed by atoms with Crippen LogP contribution in [0, 0.1) is 0 Å². The standard InChI is InChI=1S/C11H11NO2.C8H14N2O3/c1-2-8-4-3-5-9-6-12(11(13)14)7-10(8)9;1-13-8(12)6-3-2-4-10(6)7(11)5-9/h2-5H,1,6-7H2,(H,13,14);6H,2-5,9H2,1H3/t;6-/m.0/s1. The number of hydrogen-bond acceptors (Lipinski definition) is 5. The fourth-order valence-corrected chi connectivity index (χ4v) is 3.34. The minimum absolute atomic E-state index is 0.0481. The summed E-state index contributed by atoms with van der Waals surface area (Å²) in [6.07, 6.45) is 2.42. The molecule has 146 valence electrons. The Bertz CT molecular complexity index is 712. The minimum atomic E-state index is -0.865. The van der Waals surface area contributed by atoms with E-state index >= 15 is 0 Å². The number of carbonyl (C=O) groups excluding carboxylic acids is 2. The largest absolute Gasteiger partial charge is 0.467 e. The van der Waals surface area contributed by atoms with Crippen LogP contribution in [0.3, 0.4) is 0 Å². The quantitative estimate of drug-likeness (QED) is 0.773. The molecule has 2 heterocycles. The summed E-state index contributed by atoms with van der Waals surface area (Å²) in [6.45, 7) is 5.24. The van der Waals surface area contributed by atoms with E-state index in [1.807, 2.05) is 18.2 Å². The first-order valence-corrected chi connectivity index (χ1v) is 8.71. The van der Waals surface area contributed by atoms with Crippen molar-refractivity contribution in [2.45, 2.75) is 32.0 Å². The van der Waals surface area contributed by atoms with E-state index in [-0.39, 0.29) is 18.4 Å². The molecule has 3 N–H and O–H groups in total. The lowest BCUT2D eigenvalue weighted by atomic mass is 10.0. The third-order valence-electron chi connectivity index (χ3n) is 4.73. The van der Waals surface area contributed by atoms with Crippen LogP contribution in [0.5, 0.6) is 0 Å². The lowest BCUT2D eigenvalue weighted by molar-refractivity contribution is -0.150. The molecule has 8 heteroatoms. The first-order chi connectivity index (χ1) is 12.9. The maximum Gasteiger partial charge on any atom is 0.407 e. The fourth-order valence-electron chi connectivity index (χ4n) is 3.34. The zero-order chi connectivity index (χ0) is 20.0. The number of hydrogen-bond donors (Lipinski definition) is 2. The number of methoxy groups -OCH3 is 1. The third kappa shape index (κ3) is 4.65. The predicted octanol–water partition coefficient (Wildman–Crippen LogP) is 1.43. The smallest absolute Gasteiger partial charge is 0.407 e. The average molecular weight is 375 g/mol. The van der Waals surface area contributed by atoms with E-state index in [1.165, 1.54) is 16.9 Å². The van der Waals surface area contributed by atoms with E-state index in [1.54, 1.807) is 6.08 Å². The van der Waals surface area contributed by atoms with Crippen LogP contribution >= 0.6 is 0 Å². The van der Waals surface area contributed by atoms with Crippen molar-refractivity contribution in [1.82, 2.24) is 9.80 Å². The number of nitrogens with zero attached hydrogens (tertiary/aromatic N) is 2. The highest BCUT2D eigenvalue weighted by Crippen LogP contribution is 2.26. The summed E-state index contributed by atoms with van der Waals surface area (Å²) in [7, 11) is 1.33. The number of carboxylic acid groups (broad SMARTS) is 1. The molecule has 0 bridgehead atoms. The van der Waals surface area contributed by atoms with E-state index in [0.29, 0.717) is 26.1 Å². The Balaban J connectivity index is 0.000000194. The van der Waals surface area contributed by atoms with Crippen molar-refractivity contribution in [1.29, 1.82) is 0 Å². The van der Waals surface area contributed by atoms with Gasteiger partial charge in [0, 0.05) is 13.1 Å². The number of amides is 2. The molecule has 2 amide bonds. The summed E-state index contributed by atoms with van der Waals surface area (Å²) >= 11 is 0. The van der Waals surface area contributed by atoms with Gasteiger partial charge in [-0.3, -0.25) is 9.69 Å². The SMILES string of the molecule is C=Cc1cccc2c1CN(C(=O)O)C2.COC(=O)[C@@H]1CCCN1C(=O)CN. The Hall–Kier alpha value is -2.87. The van der Waals surface area contributed by atoms with Gasteiger partial charge in [-0.15, -0.1) is 0 Å². The van der Waals surface area contributed by atoms with Crippen LogP contribution in [0.25, 0.3) is 6.08 Å². The Morgan fingerprint density at radius 2 is 2.11 bits per heavy atom. The zero-order valence-corrected chi connectivity index (χ0v) is 15.4. The number of rotatable bonds is 3.